The Morgan fingerprint density at radius 2 is 1.95 bits per heavy atom. The van der Waals surface area contributed by atoms with E-state index in [1.807, 2.05) is 62.4 Å². The van der Waals surface area contributed by atoms with Crippen molar-refractivity contribution in [2.45, 2.75) is 24.0 Å². The quantitative estimate of drug-likeness (QED) is 0.516. The topological polar surface area (TPSA) is 52.3 Å². The molecule has 0 saturated heterocycles. The third-order valence-electron chi connectivity index (χ3n) is 3.06. The molecule has 2 aromatic carbocycles. The van der Waals surface area contributed by atoms with Gasteiger partial charge in [0.25, 0.3) is 0 Å². The molecule has 0 aliphatic heterocycles. The average Bonchev–Trinajstić information content (AvgIpc) is 2.49. The zero-order valence-electron chi connectivity index (χ0n) is 12.2. The SMILES string of the molecule is CCOC(=O)C(Sc1cc(N)ccc1C)c1ccccc1. The minimum Gasteiger partial charge on any atom is -0.465 e. The van der Waals surface area contributed by atoms with Crippen LogP contribution in [0.15, 0.2) is 53.4 Å². The first-order valence-corrected chi connectivity index (χ1v) is 7.74. The second kappa shape index (κ2) is 7.18. The Labute approximate surface area is 129 Å². The highest BCUT2D eigenvalue weighted by atomic mass is 32.2. The van der Waals surface area contributed by atoms with Crippen LogP contribution in [0.5, 0.6) is 0 Å². The van der Waals surface area contributed by atoms with Gasteiger partial charge in [-0.25, -0.2) is 0 Å². The largest absolute Gasteiger partial charge is 0.465 e. The Hall–Kier alpha value is -1.94. The van der Waals surface area contributed by atoms with E-state index in [1.165, 1.54) is 11.8 Å². The Morgan fingerprint density at radius 1 is 1.24 bits per heavy atom. The van der Waals surface area contributed by atoms with E-state index in [0.29, 0.717) is 12.3 Å². The molecule has 0 radical (unpaired) electrons. The van der Waals surface area contributed by atoms with Crippen LogP contribution in [0, 0.1) is 6.92 Å². The summed E-state index contributed by atoms with van der Waals surface area (Å²) >= 11 is 1.48. The van der Waals surface area contributed by atoms with E-state index < -0.39 is 0 Å². The molecule has 2 aromatic rings. The van der Waals surface area contributed by atoms with Crippen molar-refractivity contribution in [1.29, 1.82) is 0 Å². The molecular weight excluding hydrogens is 282 g/mol. The van der Waals surface area contributed by atoms with Crippen molar-refractivity contribution < 1.29 is 9.53 Å². The fraction of sp³-hybridized carbons (Fsp3) is 0.235. The highest BCUT2D eigenvalue weighted by Crippen LogP contribution is 2.38. The van der Waals surface area contributed by atoms with Crippen LogP contribution in [0.2, 0.25) is 0 Å². The standard InChI is InChI=1S/C17H19NO2S/c1-3-20-17(19)16(13-7-5-4-6-8-13)21-15-11-14(18)10-9-12(15)2/h4-11,16H,3,18H2,1-2H3. The van der Waals surface area contributed by atoms with Crippen LogP contribution in [0.3, 0.4) is 0 Å². The van der Waals surface area contributed by atoms with E-state index in [4.69, 9.17) is 10.5 Å². The molecular formula is C17H19NO2S. The molecule has 0 aromatic heterocycles. The van der Waals surface area contributed by atoms with E-state index in [-0.39, 0.29) is 11.2 Å². The summed E-state index contributed by atoms with van der Waals surface area (Å²) in [5, 5.41) is -0.383. The van der Waals surface area contributed by atoms with Crippen molar-refractivity contribution in [3.63, 3.8) is 0 Å². The molecule has 2 rings (SSSR count). The van der Waals surface area contributed by atoms with E-state index in [9.17, 15) is 4.79 Å². The first-order valence-electron chi connectivity index (χ1n) is 6.86. The molecule has 3 nitrogen and oxygen atoms in total. The second-order valence-electron chi connectivity index (χ2n) is 4.69. The normalized spacial score (nSPS) is 11.9. The summed E-state index contributed by atoms with van der Waals surface area (Å²) in [4.78, 5) is 13.3. The number of carbonyl (C=O) groups is 1. The number of benzene rings is 2. The molecule has 0 bridgehead atoms. The van der Waals surface area contributed by atoms with Gasteiger partial charge in [0.15, 0.2) is 0 Å². The molecule has 0 spiro atoms. The summed E-state index contributed by atoms with van der Waals surface area (Å²) in [6, 6.07) is 15.4. The molecule has 0 aliphatic rings. The molecule has 0 aliphatic carbocycles. The van der Waals surface area contributed by atoms with E-state index in [2.05, 4.69) is 0 Å². The maximum Gasteiger partial charge on any atom is 0.323 e. The van der Waals surface area contributed by atoms with Crippen molar-refractivity contribution in [2.24, 2.45) is 0 Å². The number of ether oxygens (including phenoxy) is 1. The van der Waals surface area contributed by atoms with E-state index in [1.54, 1.807) is 0 Å². The van der Waals surface area contributed by atoms with Gasteiger partial charge in [-0.2, -0.15) is 0 Å². The monoisotopic (exact) mass is 301 g/mol. The first-order chi connectivity index (χ1) is 10.1. The number of esters is 1. The molecule has 1 unspecified atom stereocenters. The van der Waals surface area contributed by atoms with Crippen molar-refractivity contribution in [3.8, 4) is 0 Å². The highest BCUT2D eigenvalue weighted by molar-refractivity contribution is 8.00. The number of nitrogen functional groups attached to an aromatic ring is 1. The van der Waals surface area contributed by atoms with Gasteiger partial charge in [-0.3, -0.25) is 4.79 Å². The maximum atomic E-state index is 12.3. The second-order valence-corrected chi connectivity index (χ2v) is 5.83. The fourth-order valence-electron chi connectivity index (χ4n) is 1.97. The molecule has 2 N–H and O–H groups in total. The third-order valence-corrected chi connectivity index (χ3v) is 4.45. The van der Waals surface area contributed by atoms with Crippen molar-refractivity contribution in [2.75, 3.05) is 12.3 Å². The van der Waals surface area contributed by atoms with Gasteiger partial charge in [-0.1, -0.05) is 36.4 Å². The summed E-state index contributed by atoms with van der Waals surface area (Å²) in [6.07, 6.45) is 0. The Balaban J connectivity index is 2.32. The summed E-state index contributed by atoms with van der Waals surface area (Å²) < 4.78 is 5.21. The Bertz CT molecular complexity index is 613. The van der Waals surface area contributed by atoms with Crippen LogP contribution in [-0.4, -0.2) is 12.6 Å². The number of nitrogens with two attached hydrogens (primary N) is 1. The molecule has 1 atom stereocenters. The van der Waals surface area contributed by atoms with Gasteiger partial charge < -0.3 is 10.5 Å². The number of carbonyl (C=O) groups excluding carboxylic acids is 1. The molecule has 0 amide bonds. The molecule has 21 heavy (non-hydrogen) atoms. The summed E-state index contributed by atoms with van der Waals surface area (Å²) in [6.45, 7) is 4.20. The van der Waals surface area contributed by atoms with Gasteiger partial charge in [-0.15, -0.1) is 11.8 Å². The maximum absolute atomic E-state index is 12.3. The fourth-order valence-corrected chi connectivity index (χ4v) is 3.14. The Morgan fingerprint density at radius 3 is 2.62 bits per heavy atom. The summed E-state index contributed by atoms with van der Waals surface area (Å²) in [5.41, 5.74) is 8.57. The number of aryl methyl sites for hydroxylation is 1. The van der Waals surface area contributed by atoms with Gasteiger partial charge in [0.1, 0.15) is 5.25 Å². The van der Waals surface area contributed by atoms with Gasteiger partial charge in [0, 0.05) is 10.6 Å². The van der Waals surface area contributed by atoms with Crippen LogP contribution in [0.25, 0.3) is 0 Å². The average molecular weight is 301 g/mol. The van der Waals surface area contributed by atoms with Gasteiger partial charge in [0.2, 0.25) is 0 Å². The lowest BCUT2D eigenvalue weighted by Gasteiger charge is -2.17. The number of hydrogen-bond donors (Lipinski definition) is 1. The Kier molecular flexibility index (Phi) is 5.28. The van der Waals surface area contributed by atoms with Crippen LogP contribution in [-0.2, 0) is 9.53 Å². The van der Waals surface area contributed by atoms with Crippen molar-refractivity contribution in [1.82, 2.24) is 0 Å². The smallest absolute Gasteiger partial charge is 0.323 e. The van der Waals surface area contributed by atoms with Crippen molar-refractivity contribution in [3.05, 3.63) is 59.7 Å². The lowest BCUT2D eigenvalue weighted by Crippen LogP contribution is -2.13. The lowest BCUT2D eigenvalue weighted by atomic mass is 10.1. The lowest BCUT2D eigenvalue weighted by molar-refractivity contribution is -0.142. The number of rotatable bonds is 5. The van der Waals surface area contributed by atoms with Gasteiger partial charge >= 0.3 is 5.97 Å². The first kappa shape index (κ1) is 15.4. The predicted molar refractivity (Wildman–Crippen MR) is 87.3 cm³/mol. The van der Waals surface area contributed by atoms with E-state index >= 15 is 0 Å². The minimum absolute atomic E-state index is 0.226. The number of thioether (sulfide) groups is 1. The highest BCUT2D eigenvalue weighted by Gasteiger charge is 2.23. The van der Waals surface area contributed by atoms with Crippen LogP contribution in [0.4, 0.5) is 5.69 Å². The molecule has 0 saturated carbocycles. The molecule has 0 fully saturated rings. The van der Waals surface area contributed by atoms with Crippen LogP contribution < -0.4 is 5.73 Å². The molecule has 110 valence electrons. The van der Waals surface area contributed by atoms with Crippen LogP contribution in [0.1, 0.15) is 23.3 Å². The predicted octanol–water partition coefficient (Wildman–Crippen LogP) is 3.97. The molecule has 4 heteroatoms. The third kappa shape index (κ3) is 4.02. The number of anilines is 1. The zero-order valence-corrected chi connectivity index (χ0v) is 13.0. The minimum atomic E-state index is -0.383. The van der Waals surface area contributed by atoms with Crippen LogP contribution >= 0.6 is 11.8 Å². The summed E-state index contributed by atoms with van der Waals surface area (Å²) in [7, 11) is 0. The summed E-state index contributed by atoms with van der Waals surface area (Å²) in [5.74, 6) is -0.226. The van der Waals surface area contributed by atoms with Crippen molar-refractivity contribution >= 4 is 23.4 Å². The van der Waals surface area contributed by atoms with Gasteiger partial charge in [0.05, 0.1) is 6.61 Å². The van der Waals surface area contributed by atoms with E-state index in [0.717, 1.165) is 16.0 Å². The molecule has 0 heterocycles. The van der Waals surface area contributed by atoms with Gasteiger partial charge in [-0.05, 0) is 37.1 Å². The zero-order chi connectivity index (χ0) is 15.2. The number of hydrogen-bond acceptors (Lipinski definition) is 4.